The topological polar surface area (TPSA) is 52.3 Å². The Labute approximate surface area is 165 Å². The van der Waals surface area contributed by atoms with Crippen molar-refractivity contribution >= 4 is 34.5 Å². The lowest BCUT2D eigenvalue weighted by Crippen LogP contribution is -2.14. The molecule has 0 aliphatic carbocycles. The standard InChI is InChI=1S/C18H15FN4OS.BrH/c1-24-15-8-2-12(3-9-15)10-17-20-21-18-23(17)22-16(11-25-18)13-4-6-14(19)7-5-13;/h2-9H,10-11H2,1H3;1H. The lowest BCUT2D eigenvalue weighted by Gasteiger charge is -2.14. The van der Waals surface area contributed by atoms with Gasteiger partial charge in [-0.25, -0.2) is 4.39 Å². The van der Waals surface area contributed by atoms with Gasteiger partial charge in [0, 0.05) is 12.2 Å². The smallest absolute Gasteiger partial charge is 0.212 e. The summed E-state index contributed by atoms with van der Waals surface area (Å²) in [6.45, 7) is 0. The molecule has 1 aromatic heterocycles. The Kier molecular flexibility index (Phi) is 5.73. The van der Waals surface area contributed by atoms with Gasteiger partial charge in [0.1, 0.15) is 11.6 Å². The highest BCUT2D eigenvalue weighted by Crippen LogP contribution is 2.25. The Hall–Kier alpha value is -2.19. The van der Waals surface area contributed by atoms with E-state index in [4.69, 9.17) is 4.74 Å². The summed E-state index contributed by atoms with van der Waals surface area (Å²) in [7, 11) is 1.65. The average molecular weight is 435 g/mol. The van der Waals surface area contributed by atoms with E-state index in [1.165, 1.54) is 12.1 Å². The average Bonchev–Trinajstić information content (AvgIpc) is 3.05. The summed E-state index contributed by atoms with van der Waals surface area (Å²) in [6.07, 6.45) is 0.623. The van der Waals surface area contributed by atoms with E-state index in [9.17, 15) is 4.39 Å². The first-order chi connectivity index (χ1) is 12.2. The molecule has 0 amide bonds. The van der Waals surface area contributed by atoms with Crippen LogP contribution >= 0.6 is 28.7 Å². The van der Waals surface area contributed by atoms with Crippen LogP contribution in [0.25, 0.3) is 0 Å². The van der Waals surface area contributed by atoms with Crippen LogP contribution in [0.2, 0.25) is 0 Å². The molecule has 2 heterocycles. The predicted molar refractivity (Wildman–Crippen MR) is 105 cm³/mol. The SMILES string of the molecule is Br.COc1ccc(Cc2nnc3n2N=C(c2ccc(F)cc2)CS3)cc1. The Morgan fingerprint density at radius 1 is 1.08 bits per heavy atom. The minimum atomic E-state index is -0.252. The number of hydrogen-bond donors (Lipinski definition) is 0. The zero-order valence-electron chi connectivity index (χ0n) is 13.9. The van der Waals surface area contributed by atoms with E-state index in [1.54, 1.807) is 35.7 Å². The minimum Gasteiger partial charge on any atom is -0.497 e. The van der Waals surface area contributed by atoms with Crippen LogP contribution in [0.1, 0.15) is 17.0 Å². The van der Waals surface area contributed by atoms with Gasteiger partial charge in [0.2, 0.25) is 5.16 Å². The third-order valence-electron chi connectivity index (χ3n) is 3.93. The number of benzene rings is 2. The van der Waals surface area contributed by atoms with Crippen molar-refractivity contribution in [2.24, 2.45) is 5.10 Å². The van der Waals surface area contributed by atoms with Crippen LogP contribution in [-0.4, -0.2) is 33.4 Å². The van der Waals surface area contributed by atoms with Crippen LogP contribution in [0.15, 0.2) is 58.8 Å². The van der Waals surface area contributed by atoms with Gasteiger partial charge >= 0.3 is 0 Å². The maximum Gasteiger partial charge on any atom is 0.212 e. The Balaban J connectivity index is 0.00000196. The molecule has 2 aromatic carbocycles. The van der Waals surface area contributed by atoms with Gasteiger partial charge in [-0.15, -0.1) is 27.2 Å². The summed E-state index contributed by atoms with van der Waals surface area (Å²) >= 11 is 1.58. The monoisotopic (exact) mass is 434 g/mol. The molecule has 0 radical (unpaired) electrons. The summed E-state index contributed by atoms with van der Waals surface area (Å²) in [5.74, 6) is 2.02. The van der Waals surface area contributed by atoms with E-state index >= 15 is 0 Å². The van der Waals surface area contributed by atoms with Crippen LogP contribution in [0, 0.1) is 5.82 Å². The molecule has 0 spiro atoms. The molecular formula is C18H16BrFN4OS. The molecule has 3 aromatic rings. The number of thioether (sulfide) groups is 1. The third kappa shape index (κ3) is 3.81. The van der Waals surface area contributed by atoms with Gasteiger partial charge in [-0.2, -0.15) is 9.78 Å². The maximum absolute atomic E-state index is 13.1. The molecule has 0 saturated heterocycles. The lowest BCUT2D eigenvalue weighted by molar-refractivity contribution is 0.414. The highest BCUT2D eigenvalue weighted by Gasteiger charge is 2.20. The number of rotatable bonds is 4. The van der Waals surface area contributed by atoms with E-state index in [2.05, 4.69) is 15.3 Å². The van der Waals surface area contributed by atoms with Crippen LogP contribution < -0.4 is 4.74 Å². The number of fused-ring (bicyclic) bond motifs is 1. The van der Waals surface area contributed by atoms with E-state index < -0.39 is 0 Å². The fraction of sp³-hybridized carbons (Fsp3) is 0.167. The molecule has 4 rings (SSSR count). The first kappa shape index (κ1) is 18.6. The van der Waals surface area contributed by atoms with Crippen molar-refractivity contribution in [2.45, 2.75) is 11.6 Å². The van der Waals surface area contributed by atoms with Crippen molar-refractivity contribution in [3.8, 4) is 5.75 Å². The number of aromatic nitrogens is 3. The summed E-state index contributed by atoms with van der Waals surface area (Å²) in [5.41, 5.74) is 2.89. The molecule has 0 atom stereocenters. The Morgan fingerprint density at radius 3 is 2.50 bits per heavy atom. The molecule has 5 nitrogen and oxygen atoms in total. The second kappa shape index (κ2) is 8.01. The van der Waals surface area contributed by atoms with Crippen molar-refractivity contribution in [3.05, 3.63) is 71.3 Å². The fourth-order valence-electron chi connectivity index (χ4n) is 2.59. The van der Waals surface area contributed by atoms with Crippen molar-refractivity contribution in [1.82, 2.24) is 14.9 Å². The zero-order chi connectivity index (χ0) is 17.2. The van der Waals surface area contributed by atoms with E-state index in [-0.39, 0.29) is 22.8 Å². The third-order valence-corrected chi connectivity index (χ3v) is 4.86. The first-order valence-electron chi connectivity index (χ1n) is 7.77. The van der Waals surface area contributed by atoms with Crippen molar-refractivity contribution in [2.75, 3.05) is 12.9 Å². The number of nitrogens with zero attached hydrogens (tertiary/aromatic N) is 4. The Morgan fingerprint density at radius 2 is 1.81 bits per heavy atom. The molecule has 0 unspecified atom stereocenters. The molecule has 1 aliphatic rings. The Bertz CT molecular complexity index is 925. The van der Waals surface area contributed by atoms with E-state index in [1.807, 2.05) is 24.3 Å². The summed E-state index contributed by atoms with van der Waals surface area (Å²) < 4.78 is 20.1. The summed E-state index contributed by atoms with van der Waals surface area (Å²) in [4.78, 5) is 0. The van der Waals surface area contributed by atoms with Gasteiger partial charge in [-0.05, 0) is 35.4 Å². The highest BCUT2D eigenvalue weighted by atomic mass is 79.9. The molecule has 0 saturated carbocycles. The normalized spacial score (nSPS) is 12.8. The second-order valence-corrected chi connectivity index (χ2v) is 6.52. The van der Waals surface area contributed by atoms with Gasteiger partial charge in [-0.1, -0.05) is 36.0 Å². The van der Waals surface area contributed by atoms with E-state index in [0.29, 0.717) is 12.2 Å². The number of ether oxygens (including phenoxy) is 1. The van der Waals surface area contributed by atoms with Gasteiger partial charge < -0.3 is 4.74 Å². The number of hydrogen-bond acceptors (Lipinski definition) is 5. The number of methoxy groups -OCH3 is 1. The quantitative estimate of drug-likeness (QED) is 0.623. The molecule has 0 N–H and O–H groups in total. The minimum absolute atomic E-state index is 0. The van der Waals surface area contributed by atoms with Crippen LogP contribution in [0.4, 0.5) is 4.39 Å². The van der Waals surface area contributed by atoms with Crippen molar-refractivity contribution in [1.29, 1.82) is 0 Å². The van der Waals surface area contributed by atoms with Gasteiger partial charge in [0.15, 0.2) is 5.82 Å². The maximum atomic E-state index is 13.1. The largest absolute Gasteiger partial charge is 0.497 e. The second-order valence-electron chi connectivity index (χ2n) is 5.58. The van der Waals surface area contributed by atoms with Crippen molar-refractivity contribution in [3.63, 3.8) is 0 Å². The lowest BCUT2D eigenvalue weighted by atomic mass is 10.1. The first-order valence-corrected chi connectivity index (χ1v) is 8.75. The van der Waals surface area contributed by atoms with Gasteiger partial charge in [0.25, 0.3) is 0 Å². The summed E-state index contributed by atoms with van der Waals surface area (Å²) in [6, 6.07) is 14.2. The van der Waals surface area contributed by atoms with Gasteiger partial charge in [0.05, 0.1) is 12.8 Å². The molecular weight excluding hydrogens is 419 g/mol. The molecule has 8 heteroatoms. The molecule has 26 heavy (non-hydrogen) atoms. The predicted octanol–water partition coefficient (Wildman–Crippen LogP) is 3.95. The summed E-state index contributed by atoms with van der Waals surface area (Å²) in [5, 5.41) is 13.9. The van der Waals surface area contributed by atoms with Gasteiger partial charge in [-0.3, -0.25) is 0 Å². The van der Waals surface area contributed by atoms with Crippen LogP contribution in [0.3, 0.4) is 0 Å². The van der Waals surface area contributed by atoms with E-state index in [0.717, 1.165) is 33.6 Å². The molecule has 1 aliphatic heterocycles. The van der Waals surface area contributed by atoms with Crippen LogP contribution in [-0.2, 0) is 6.42 Å². The number of halogens is 2. The highest BCUT2D eigenvalue weighted by molar-refractivity contribution is 8.93. The molecule has 0 fully saturated rings. The van der Waals surface area contributed by atoms with Crippen LogP contribution in [0.5, 0.6) is 5.75 Å². The fourth-order valence-corrected chi connectivity index (χ4v) is 3.45. The van der Waals surface area contributed by atoms with Crippen molar-refractivity contribution < 1.29 is 9.13 Å². The molecule has 0 bridgehead atoms. The molecule has 134 valence electrons. The zero-order valence-corrected chi connectivity index (χ0v) is 16.5.